The minimum Gasteiger partial charge on any atom is -0.347 e. The summed E-state index contributed by atoms with van der Waals surface area (Å²) >= 11 is 11.7. The SMILES string of the molecule is CN(C)C(=O)C1CCCN1S(=O)(=O)c1ccc(Cl)c(Cl)c1. The van der Waals surface area contributed by atoms with Gasteiger partial charge in [0.15, 0.2) is 0 Å². The van der Waals surface area contributed by atoms with Crippen molar-refractivity contribution in [2.45, 2.75) is 23.8 Å². The van der Waals surface area contributed by atoms with Crippen LogP contribution in [-0.4, -0.2) is 50.2 Å². The van der Waals surface area contributed by atoms with Crippen molar-refractivity contribution in [1.82, 2.24) is 9.21 Å². The van der Waals surface area contributed by atoms with Crippen LogP contribution in [-0.2, 0) is 14.8 Å². The minimum absolute atomic E-state index is 0.0513. The van der Waals surface area contributed by atoms with Gasteiger partial charge in [0, 0.05) is 20.6 Å². The minimum atomic E-state index is -3.76. The van der Waals surface area contributed by atoms with Crippen LogP contribution in [0.3, 0.4) is 0 Å². The molecule has 1 saturated heterocycles. The molecule has 0 aliphatic carbocycles. The molecular formula is C13H16Cl2N2O3S. The van der Waals surface area contributed by atoms with Gasteiger partial charge in [0.25, 0.3) is 0 Å². The monoisotopic (exact) mass is 350 g/mol. The molecule has 1 aliphatic heterocycles. The second kappa shape index (κ2) is 6.12. The van der Waals surface area contributed by atoms with Gasteiger partial charge in [-0.1, -0.05) is 23.2 Å². The second-order valence-electron chi connectivity index (χ2n) is 5.08. The Labute approximate surface area is 134 Å². The molecule has 8 heteroatoms. The molecule has 0 spiro atoms. The molecule has 1 unspecified atom stereocenters. The van der Waals surface area contributed by atoms with Crippen molar-refractivity contribution in [3.8, 4) is 0 Å². The van der Waals surface area contributed by atoms with Crippen LogP contribution < -0.4 is 0 Å². The number of amides is 1. The van der Waals surface area contributed by atoms with Crippen molar-refractivity contribution >= 4 is 39.1 Å². The van der Waals surface area contributed by atoms with Gasteiger partial charge >= 0.3 is 0 Å². The van der Waals surface area contributed by atoms with Crippen LogP contribution >= 0.6 is 23.2 Å². The summed E-state index contributed by atoms with van der Waals surface area (Å²) in [5, 5.41) is 0.463. The molecule has 116 valence electrons. The number of rotatable bonds is 3. The highest BCUT2D eigenvalue weighted by molar-refractivity contribution is 7.89. The van der Waals surface area contributed by atoms with E-state index in [0.29, 0.717) is 19.4 Å². The fourth-order valence-electron chi connectivity index (χ4n) is 2.35. The zero-order chi connectivity index (χ0) is 15.8. The zero-order valence-corrected chi connectivity index (χ0v) is 14.0. The number of halogens is 2. The third kappa shape index (κ3) is 3.18. The molecule has 2 rings (SSSR count). The average Bonchev–Trinajstić information content (AvgIpc) is 2.90. The lowest BCUT2D eigenvalue weighted by Crippen LogP contribution is -2.45. The third-order valence-corrected chi connectivity index (χ3v) is 6.07. The van der Waals surface area contributed by atoms with E-state index in [4.69, 9.17) is 23.2 Å². The van der Waals surface area contributed by atoms with Gasteiger partial charge in [-0.3, -0.25) is 4.79 Å². The Morgan fingerprint density at radius 2 is 1.95 bits per heavy atom. The number of carbonyl (C=O) groups excluding carboxylic acids is 1. The molecule has 0 radical (unpaired) electrons. The molecular weight excluding hydrogens is 335 g/mol. The smallest absolute Gasteiger partial charge is 0.243 e. The van der Waals surface area contributed by atoms with Gasteiger partial charge in [-0.25, -0.2) is 8.42 Å². The van der Waals surface area contributed by atoms with E-state index in [1.807, 2.05) is 0 Å². The Morgan fingerprint density at radius 1 is 1.29 bits per heavy atom. The number of hydrogen-bond donors (Lipinski definition) is 0. The highest BCUT2D eigenvalue weighted by Gasteiger charge is 2.40. The molecule has 0 saturated carbocycles. The maximum absolute atomic E-state index is 12.7. The van der Waals surface area contributed by atoms with E-state index < -0.39 is 16.1 Å². The van der Waals surface area contributed by atoms with E-state index in [2.05, 4.69) is 0 Å². The van der Waals surface area contributed by atoms with Crippen LogP contribution in [0.25, 0.3) is 0 Å². The molecule has 21 heavy (non-hydrogen) atoms. The molecule has 0 aromatic heterocycles. The topological polar surface area (TPSA) is 57.7 Å². The summed E-state index contributed by atoms with van der Waals surface area (Å²) < 4.78 is 26.6. The highest BCUT2D eigenvalue weighted by atomic mass is 35.5. The lowest BCUT2D eigenvalue weighted by molar-refractivity contribution is -0.132. The Kier molecular flexibility index (Phi) is 4.82. The first-order valence-corrected chi connectivity index (χ1v) is 8.63. The molecule has 0 N–H and O–H groups in total. The summed E-state index contributed by atoms with van der Waals surface area (Å²) in [5.74, 6) is -0.212. The normalized spacial score (nSPS) is 19.7. The van der Waals surface area contributed by atoms with Crippen LogP contribution in [0, 0.1) is 0 Å². The largest absolute Gasteiger partial charge is 0.347 e. The maximum Gasteiger partial charge on any atom is 0.243 e. The van der Waals surface area contributed by atoms with Gasteiger partial charge in [0.1, 0.15) is 6.04 Å². The van der Waals surface area contributed by atoms with Gasteiger partial charge in [-0.05, 0) is 31.0 Å². The molecule has 5 nitrogen and oxygen atoms in total. The summed E-state index contributed by atoms with van der Waals surface area (Å²) in [4.78, 5) is 13.6. The van der Waals surface area contributed by atoms with Crippen molar-refractivity contribution in [1.29, 1.82) is 0 Å². The Morgan fingerprint density at radius 3 is 2.52 bits per heavy atom. The Bertz CT molecular complexity index is 661. The Hall–Kier alpha value is -0.820. The first kappa shape index (κ1) is 16.5. The van der Waals surface area contributed by atoms with Gasteiger partial charge < -0.3 is 4.90 Å². The highest BCUT2D eigenvalue weighted by Crippen LogP contribution is 2.30. The van der Waals surface area contributed by atoms with Gasteiger partial charge in [-0.2, -0.15) is 4.31 Å². The van der Waals surface area contributed by atoms with Gasteiger partial charge in [0.2, 0.25) is 15.9 Å². The van der Waals surface area contributed by atoms with Crippen molar-refractivity contribution in [2.75, 3.05) is 20.6 Å². The number of nitrogens with zero attached hydrogens (tertiary/aromatic N) is 2. The standard InChI is InChI=1S/C13H16Cl2N2O3S/c1-16(2)13(18)12-4-3-7-17(12)21(19,20)9-5-6-10(14)11(15)8-9/h5-6,8,12H,3-4,7H2,1-2H3. The summed E-state index contributed by atoms with van der Waals surface area (Å²) in [6, 6.07) is 3.50. The van der Waals surface area contributed by atoms with Crippen molar-refractivity contribution in [3.05, 3.63) is 28.2 Å². The van der Waals surface area contributed by atoms with Crippen molar-refractivity contribution in [2.24, 2.45) is 0 Å². The number of sulfonamides is 1. The van der Waals surface area contributed by atoms with Crippen LogP contribution in [0.2, 0.25) is 10.0 Å². The first-order chi connectivity index (χ1) is 9.75. The third-order valence-electron chi connectivity index (χ3n) is 3.43. The summed E-state index contributed by atoms with van der Waals surface area (Å²) in [6.07, 6.45) is 1.18. The summed E-state index contributed by atoms with van der Waals surface area (Å²) in [6.45, 7) is 0.326. The van der Waals surface area contributed by atoms with Crippen LogP contribution in [0.15, 0.2) is 23.1 Å². The predicted molar refractivity (Wildman–Crippen MR) is 82.1 cm³/mol. The molecule has 1 aromatic rings. The fraction of sp³-hybridized carbons (Fsp3) is 0.462. The van der Waals surface area contributed by atoms with Crippen LogP contribution in [0.4, 0.5) is 0 Å². The molecule has 1 atom stereocenters. The van der Waals surface area contributed by atoms with Crippen LogP contribution in [0.5, 0.6) is 0 Å². The Balaban J connectivity index is 2.38. The lowest BCUT2D eigenvalue weighted by atomic mass is 10.2. The second-order valence-corrected chi connectivity index (χ2v) is 7.79. The summed E-state index contributed by atoms with van der Waals surface area (Å²) in [7, 11) is -0.532. The number of likely N-dealkylation sites (N-methyl/N-ethyl adjacent to an activating group) is 1. The van der Waals surface area contributed by atoms with E-state index >= 15 is 0 Å². The van der Waals surface area contributed by atoms with E-state index in [9.17, 15) is 13.2 Å². The van der Waals surface area contributed by atoms with Crippen molar-refractivity contribution < 1.29 is 13.2 Å². The number of carbonyl (C=O) groups is 1. The average molecular weight is 351 g/mol. The molecule has 1 fully saturated rings. The first-order valence-electron chi connectivity index (χ1n) is 6.43. The van der Waals surface area contributed by atoms with Crippen LogP contribution in [0.1, 0.15) is 12.8 Å². The lowest BCUT2D eigenvalue weighted by Gasteiger charge is -2.25. The maximum atomic E-state index is 12.7. The zero-order valence-electron chi connectivity index (χ0n) is 11.7. The predicted octanol–water partition coefficient (Wildman–Crippen LogP) is 2.23. The molecule has 1 aromatic carbocycles. The van der Waals surface area contributed by atoms with Crippen molar-refractivity contribution in [3.63, 3.8) is 0 Å². The molecule has 1 amide bonds. The van der Waals surface area contributed by atoms with Gasteiger partial charge in [0.05, 0.1) is 14.9 Å². The number of benzene rings is 1. The molecule has 1 heterocycles. The quantitative estimate of drug-likeness (QED) is 0.839. The van der Waals surface area contributed by atoms with Gasteiger partial charge in [-0.15, -0.1) is 0 Å². The van der Waals surface area contributed by atoms with E-state index in [-0.39, 0.29) is 20.8 Å². The van der Waals surface area contributed by atoms with E-state index in [0.717, 1.165) is 0 Å². The molecule has 0 bridgehead atoms. The van der Waals surface area contributed by atoms with E-state index in [1.54, 1.807) is 14.1 Å². The summed E-state index contributed by atoms with van der Waals surface area (Å²) in [5.41, 5.74) is 0. The van der Waals surface area contributed by atoms with E-state index in [1.165, 1.54) is 27.4 Å². The fourth-order valence-corrected chi connectivity index (χ4v) is 4.39. The number of hydrogen-bond acceptors (Lipinski definition) is 3. The molecule has 1 aliphatic rings.